The number of likely N-dealkylation sites (tertiary alicyclic amines) is 2. The van der Waals surface area contributed by atoms with Crippen LogP contribution in [0.15, 0.2) is 18.3 Å². The van der Waals surface area contributed by atoms with Crippen molar-refractivity contribution in [1.82, 2.24) is 24.2 Å². The third kappa shape index (κ3) is 5.92. The highest BCUT2D eigenvalue weighted by Crippen LogP contribution is 2.26. The topological polar surface area (TPSA) is 78.3 Å². The molecule has 3 aliphatic heterocycles. The van der Waals surface area contributed by atoms with E-state index in [1.54, 1.807) is 4.90 Å². The number of amides is 3. The monoisotopic (exact) mass is 473 g/mol. The van der Waals surface area contributed by atoms with Crippen molar-refractivity contribution < 1.29 is 19.1 Å². The highest BCUT2D eigenvalue weighted by atomic mass is 16.6. The summed E-state index contributed by atoms with van der Waals surface area (Å²) in [6.07, 6.45) is 5.50. The summed E-state index contributed by atoms with van der Waals surface area (Å²) < 4.78 is 7.58. The minimum absolute atomic E-state index is 0.0464. The number of nitrogens with zero attached hydrogens (tertiary/aromatic N) is 5. The molecule has 0 aliphatic carbocycles. The average molecular weight is 474 g/mol. The molecule has 9 nitrogen and oxygen atoms in total. The van der Waals surface area contributed by atoms with Crippen LogP contribution in [0, 0.1) is 0 Å². The summed E-state index contributed by atoms with van der Waals surface area (Å²) in [5, 5.41) is 0. The lowest BCUT2D eigenvalue weighted by atomic mass is 10.0. The van der Waals surface area contributed by atoms with E-state index in [4.69, 9.17) is 4.74 Å². The Balaban J connectivity index is 1.28. The molecule has 3 fully saturated rings. The van der Waals surface area contributed by atoms with E-state index in [-0.39, 0.29) is 23.9 Å². The molecule has 0 bridgehead atoms. The molecule has 0 aromatic carbocycles. The molecule has 1 aromatic heterocycles. The van der Waals surface area contributed by atoms with Gasteiger partial charge in [-0.05, 0) is 58.6 Å². The van der Waals surface area contributed by atoms with Crippen molar-refractivity contribution in [3.8, 4) is 0 Å². The fraction of sp³-hybridized carbons (Fsp3) is 0.720. The first-order valence-corrected chi connectivity index (χ1v) is 12.7. The second-order valence-corrected chi connectivity index (χ2v) is 10.7. The number of carbonyl (C=O) groups is 3. The average Bonchev–Trinajstić information content (AvgIpc) is 3.51. The maximum Gasteiger partial charge on any atom is 0.410 e. The Bertz CT molecular complexity index is 870. The first-order valence-electron chi connectivity index (χ1n) is 12.7. The van der Waals surface area contributed by atoms with Gasteiger partial charge in [-0.2, -0.15) is 0 Å². The minimum Gasteiger partial charge on any atom is -0.444 e. The van der Waals surface area contributed by atoms with Gasteiger partial charge in [-0.3, -0.25) is 14.5 Å². The molecule has 188 valence electrons. The van der Waals surface area contributed by atoms with Crippen LogP contribution in [0.25, 0.3) is 0 Å². The van der Waals surface area contributed by atoms with E-state index in [1.807, 2.05) is 48.9 Å². The Hall–Kier alpha value is -2.55. The van der Waals surface area contributed by atoms with Crippen molar-refractivity contribution in [3.05, 3.63) is 24.0 Å². The molecule has 4 heterocycles. The van der Waals surface area contributed by atoms with Gasteiger partial charge in [-0.15, -0.1) is 0 Å². The summed E-state index contributed by atoms with van der Waals surface area (Å²) >= 11 is 0. The number of carbonyl (C=O) groups excluding carboxylic acids is 3. The zero-order valence-electron chi connectivity index (χ0n) is 20.9. The Kier molecular flexibility index (Phi) is 7.50. The molecular formula is C25H39N5O4. The van der Waals surface area contributed by atoms with Crippen molar-refractivity contribution in [1.29, 1.82) is 0 Å². The lowest BCUT2D eigenvalue weighted by Gasteiger charge is -2.36. The summed E-state index contributed by atoms with van der Waals surface area (Å²) in [5.41, 5.74) is 0.205. The largest absolute Gasteiger partial charge is 0.444 e. The van der Waals surface area contributed by atoms with E-state index < -0.39 is 5.60 Å². The molecule has 34 heavy (non-hydrogen) atoms. The fourth-order valence-electron chi connectivity index (χ4n) is 5.08. The first kappa shape index (κ1) is 24.6. The van der Waals surface area contributed by atoms with Gasteiger partial charge in [0.05, 0.1) is 6.54 Å². The molecule has 9 heteroatoms. The molecule has 0 spiro atoms. The van der Waals surface area contributed by atoms with Gasteiger partial charge < -0.3 is 24.0 Å². The van der Waals surface area contributed by atoms with Crippen LogP contribution in [0.4, 0.5) is 4.79 Å². The molecule has 0 radical (unpaired) electrons. The van der Waals surface area contributed by atoms with Crippen LogP contribution >= 0.6 is 0 Å². The molecule has 0 saturated carbocycles. The fourth-order valence-corrected chi connectivity index (χ4v) is 5.08. The van der Waals surface area contributed by atoms with Crippen LogP contribution in [-0.2, 0) is 9.53 Å². The molecule has 0 unspecified atom stereocenters. The van der Waals surface area contributed by atoms with Crippen molar-refractivity contribution in [2.24, 2.45) is 0 Å². The van der Waals surface area contributed by atoms with Gasteiger partial charge in [0, 0.05) is 64.6 Å². The Morgan fingerprint density at radius 2 is 1.53 bits per heavy atom. The molecule has 3 amide bonds. The van der Waals surface area contributed by atoms with E-state index >= 15 is 0 Å². The second kappa shape index (κ2) is 10.4. The lowest BCUT2D eigenvalue weighted by Crippen LogP contribution is -2.51. The van der Waals surface area contributed by atoms with Crippen molar-refractivity contribution >= 4 is 17.9 Å². The van der Waals surface area contributed by atoms with E-state index in [0.717, 1.165) is 51.9 Å². The summed E-state index contributed by atoms with van der Waals surface area (Å²) in [7, 11) is 0. The standard InChI is InChI=1S/C25H39N5O4/c1-25(2,3)34-24(33)29-13-8-20(9-14-29)30-12-6-7-21(30)23(32)28-17-15-26(16-18-28)19-22(31)27-10-4-5-11-27/h6-7,12,20H,4-5,8-11,13-19H2,1-3H3. The summed E-state index contributed by atoms with van der Waals surface area (Å²) in [5.74, 6) is 0.258. The van der Waals surface area contributed by atoms with E-state index in [2.05, 4.69) is 9.47 Å². The second-order valence-electron chi connectivity index (χ2n) is 10.7. The van der Waals surface area contributed by atoms with Gasteiger partial charge in [0.25, 0.3) is 5.91 Å². The smallest absolute Gasteiger partial charge is 0.410 e. The van der Waals surface area contributed by atoms with Crippen LogP contribution in [-0.4, -0.2) is 107 Å². The van der Waals surface area contributed by atoms with Gasteiger partial charge in [0.15, 0.2) is 0 Å². The van der Waals surface area contributed by atoms with Gasteiger partial charge in [0.1, 0.15) is 11.3 Å². The van der Waals surface area contributed by atoms with E-state index in [1.165, 1.54) is 0 Å². The van der Waals surface area contributed by atoms with Crippen LogP contribution in [0.1, 0.15) is 63.0 Å². The number of hydrogen-bond donors (Lipinski definition) is 0. The number of rotatable bonds is 4. The predicted molar refractivity (Wildman–Crippen MR) is 129 cm³/mol. The summed E-state index contributed by atoms with van der Waals surface area (Å²) in [6, 6.07) is 4.01. The number of ether oxygens (including phenoxy) is 1. The van der Waals surface area contributed by atoms with Gasteiger partial charge in [0.2, 0.25) is 5.91 Å². The number of hydrogen-bond acceptors (Lipinski definition) is 5. The summed E-state index contributed by atoms with van der Waals surface area (Å²) in [6.45, 7) is 11.8. The van der Waals surface area contributed by atoms with Crippen LogP contribution in [0.2, 0.25) is 0 Å². The molecule has 0 atom stereocenters. The Morgan fingerprint density at radius 1 is 0.882 bits per heavy atom. The minimum atomic E-state index is -0.501. The molecular weight excluding hydrogens is 434 g/mol. The van der Waals surface area contributed by atoms with Gasteiger partial charge in [-0.25, -0.2) is 4.79 Å². The highest BCUT2D eigenvalue weighted by Gasteiger charge is 2.31. The molecule has 4 rings (SSSR count). The number of piperidine rings is 1. The van der Waals surface area contributed by atoms with E-state index in [9.17, 15) is 14.4 Å². The van der Waals surface area contributed by atoms with Gasteiger partial charge in [-0.1, -0.05) is 0 Å². The summed E-state index contributed by atoms with van der Waals surface area (Å²) in [4.78, 5) is 45.9. The molecule has 0 N–H and O–H groups in total. The molecule has 3 saturated heterocycles. The normalized spacial score (nSPS) is 20.6. The Morgan fingerprint density at radius 3 is 2.15 bits per heavy atom. The maximum absolute atomic E-state index is 13.3. The van der Waals surface area contributed by atoms with Crippen molar-refractivity contribution in [2.45, 2.75) is 58.1 Å². The zero-order chi connectivity index (χ0) is 24.3. The molecule has 1 aromatic rings. The molecule has 3 aliphatic rings. The third-order valence-electron chi connectivity index (χ3n) is 6.98. The quantitative estimate of drug-likeness (QED) is 0.671. The van der Waals surface area contributed by atoms with Crippen LogP contribution in [0.3, 0.4) is 0 Å². The first-order chi connectivity index (χ1) is 16.2. The van der Waals surface area contributed by atoms with E-state index in [0.29, 0.717) is 38.4 Å². The van der Waals surface area contributed by atoms with Crippen molar-refractivity contribution in [2.75, 3.05) is 58.9 Å². The zero-order valence-corrected chi connectivity index (χ0v) is 20.9. The maximum atomic E-state index is 13.3. The van der Waals surface area contributed by atoms with Crippen LogP contribution < -0.4 is 0 Å². The SMILES string of the molecule is CC(C)(C)OC(=O)N1CCC(n2cccc2C(=O)N2CCN(CC(=O)N3CCCC3)CC2)CC1. The van der Waals surface area contributed by atoms with Crippen LogP contribution in [0.5, 0.6) is 0 Å². The van der Waals surface area contributed by atoms with Gasteiger partial charge >= 0.3 is 6.09 Å². The van der Waals surface area contributed by atoms with Crippen molar-refractivity contribution in [3.63, 3.8) is 0 Å². The Labute approximate surface area is 202 Å². The lowest BCUT2D eigenvalue weighted by molar-refractivity contribution is -0.131. The predicted octanol–water partition coefficient (Wildman–Crippen LogP) is 2.44. The number of aromatic nitrogens is 1. The highest BCUT2D eigenvalue weighted by molar-refractivity contribution is 5.93. The number of piperazine rings is 1. The third-order valence-corrected chi connectivity index (χ3v) is 6.98.